The Kier molecular flexibility index (Phi) is 3.80. The van der Waals surface area contributed by atoms with Crippen molar-refractivity contribution >= 4 is 11.5 Å². The number of nitrogens with two attached hydrogens (primary N) is 1. The maximum atomic E-state index is 10.7. The van der Waals surface area contributed by atoms with Gasteiger partial charge in [0.25, 0.3) is 0 Å². The molecule has 84 valence electrons. The Hall–Kier alpha value is -2.13. The Morgan fingerprint density at radius 1 is 1.69 bits per heavy atom. The summed E-state index contributed by atoms with van der Waals surface area (Å²) in [5, 5.41) is 19.3. The van der Waals surface area contributed by atoms with Crippen molar-refractivity contribution in [3.8, 4) is 11.8 Å². The van der Waals surface area contributed by atoms with Gasteiger partial charge in [0.15, 0.2) is 0 Å². The molecule has 3 N–H and O–H groups in total. The fourth-order valence-electron chi connectivity index (χ4n) is 1.18. The van der Waals surface area contributed by atoms with E-state index in [0.29, 0.717) is 17.5 Å². The van der Waals surface area contributed by atoms with Gasteiger partial charge in [-0.05, 0) is 6.92 Å². The summed E-state index contributed by atoms with van der Waals surface area (Å²) in [5.41, 5.74) is 6.04. The number of nitro groups is 1. The van der Waals surface area contributed by atoms with Gasteiger partial charge in [-0.2, -0.15) is 0 Å². The first-order valence-corrected chi connectivity index (χ1v) is 4.57. The van der Waals surface area contributed by atoms with Crippen LogP contribution in [0.25, 0.3) is 0 Å². The maximum Gasteiger partial charge on any atom is 0.315 e. The van der Waals surface area contributed by atoms with E-state index in [1.165, 1.54) is 6.20 Å². The van der Waals surface area contributed by atoms with E-state index in [-0.39, 0.29) is 18.1 Å². The summed E-state index contributed by atoms with van der Waals surface area (Å²) in [6, 6.07) is 0. The molecule has 0 spiro atoms. The zero-order chi connectivity index (χ0) is 12.1. The number of rotatable bonds is 2. The lowest BCUT2D eigenvalue weighted by Gasteiger charge is -2.01. The Morgan fingerprint density at radius 3 is 2.94 bits per heavy atom. The molecule has 0 aliphatic heterocycles. The average Bonchev–Trinajstić information content (AvgIpc) is 2.21. The van der Waals surface area contributed by atoms with Gasteiger partial charge in [-0.1, -0.05) is 11.8 Å². The Balaban J connectivity index is 3.20. The molecule has 1 rings (SSSR count). The highest BCUT2D eigenvalue weighted by molar-refractivity contribution is 5.62. The molecule has 1 aromatic heterocycles. The van der Waals surface area contributed by atoms with Crippen molar-refractivity contribution in [2.45, 2.75) is 13.3 Å². The number of aliphatic hydroxyl groups is 1. The topological polar surface area (TPSA) is 102 Å². The molecule has 6 nitrogen and oxygen atoms in total. The van der Waals surface area contributed by atoms with Crippen LogP contribution in [0.2, 0.25) is 0 Å². The van der Waals surface area contributed by atoms with E-state index in [9.17, 15) is 10.1 Å². The molecule has 0 bridgehead atoms. The van der Waals surface area contributed by atoms with Gasteiger partial charge in [0.2, 0.25) is 5.82 Å². The number of aliphatic hydroxyl groups excluding tert-OH is 1. The summed E-state index contributed by atoms with van der Waals surface area (Å²) < 4.78 is 0. The molecule has 0 fully saturated rings. The maximum absolute atomic E-state index is 10.7. The molecule has 1 aromatic rings. The summed E-state index contributed by atoms with van der Waals surface area (Å²) in [5.74, 6) is 5.26. The van der Waals surface area contributed by atoms with E-state index in [2.05, 4.69) is 16.8 Å². The fraction of sp³-hybridized carbons (Fsp3) is 0.300. The minimum Gasteiger partial charge on any atom is -0.395 e. The number of anilines is 1. The minimum atomic E-state index is -0.575. The third-order valence-corrected chi connectivity index (χ3v) is 1.98. The van der Waals surface area contributed by atoms with Crippen molar-refractivity contribution in [1.82, 2.24) is 4.98 Å². The van der Waals surface area contributed by atoms with Gasteiger partial charge in [-0.25, -0.2) is 4.98 Å². The van der Waals surface area contributed by atoms with Crippen LogP contribution in [0.3, 0.4) is 0 Å². The summed E-state index contributed by atoms with van der Waals surface area (Å²) in [6.45, 7) is 1.52. The summed E-state index contributed by atoms with van der Waals surface area (Å²) >= 11 is 0. The second kappa shape index (κ2) is 5.09. The smallest absolute Gasteiger partial charge is 0.315 e. The van der Waals surface area contributed by atoms with Crippen LogP contribution in [0.5, 0.6) is 0 Å². The van der Waals surface area contributed by atoms with Crippen LogP contribution in [0.15, 0.2) is 6.20 Å². The minimum absolute atomic E-state index is 0.0451. The van der Waals surface area contributed by atoms with Gasteiger partial charge in [-0.3, -0.25) is 10.1 Å². The molecule has 0 amide bonds. The largest absolute Gasteiger partial charge is 0.395 e. The quantitative estimate of drug-likeness (QED) is 0.433. The van der Waals surface area contributed by atoms with Crippen molar-refractivity contribution in [1.29, 1.82) is 0 Å². The summed E-state index contributed by atoms with van der Waals surface area (Å²) in [6.07, 6.45) is 1.71. The molecule has 0 saturated carbocycles. The van der Waals surface area contributed by atoms with Crippen molar-refractivity contribution in [2.75, 3.05) is 12.3 Å². The van der Waals surface area contributed by atoms with Crippen molar-refractivity contribution in [3.05, 3.63) is 27.4 Å². The van der Waals surface area contributed by atoms with Gasteiger partial charge in [-0.15, -0.1) is 0 Å². The number of hydrogen-bond donors (Lipinski definition) is 2. The van der Waals surface area contributed by atoms with Crippen LogP contribution in [0.1, 0.15) is 17.5 Å². The lowest BCUT2D eigenvalue weighted by molar-refractivity contribution is -0.384. The molecule has 0 unspecified atom stereocenters. The molecule has 6 heteroatoms. The third-order valence-electron chi connectivity index (χ3n) is 1.98. The van der Waals surface area contributed by atoms with E-state index in [0.717, 1.165) is 0 Å². The van der Waals surface area contributed by atoms with Gasteiger partial charge in [0.1, 0.15) is 0 Å². The van der Waals surface area contributed by atoms with Crippen LogP contribution in [-0.2, 0) is 0 Å². The number of aromatic nitrogens is 1. The van der Waals surface area contributed by atoms with Gasteiger partial charge in [0.05, 0.1) is 17.1 Å². The molecular formula is C10H11N3O3. The van der Waals surface area contributed by atoms with E-state index >= 15 is 0 Å². The first-order chi connectivity index (χ1) is 7.57. The third kappa shape index (κ3) is 2.46. The zero-order valence-electron chi connectivity index (χ0n) is 8.73. The first kappa shape index (κ1) is 11.9. The number of pyridine rings is 1. The van der Waals surface area contributed by atoms with Crippen LogP contribution in [-0.4, -0.2) is 21.6 Å². The highest BCUT2D eigenvalue weighted by Gasteiger charge is 2.18. The average molecular weight is 221 g/mol. The van der Waals surface area contributed by atoms with Crippen LogP contribution < -0.4 is 5.73 Å². The molecule has 0 aliphatic carbocycles. The van der Waals surface area contributed by atoms with Crippen molar-refractivity contribution < 1.29 is 10.0 Å². The lowest BCUT2D eigenvalue weighted by Crippen LogP contribution is -2.02. The SMILES string of the molecule is Cc1c(C#CCCO)cnc(N)c1[N+](=O)[O-]. The molecule has 0 aliphatic rings. The molecule has 0 atom stereocenters. The number of hydrogen-bond acceptors (Lipinski definition) is 5. The van der Waals surface area contributed by atoms with Crippen LogP contribution in [0, 0.1) is 28.9 Å². The van der Waals surface area contributed by atoms with Gasteiger partial charge in [0, 0.05) is 18.2 Å². The zero-order valence-corrected chi connectivity index (χ0v) is 8.73. The van der Waals surface area contributed by atoms with E-state index in [4.69, 9.17) is 10.8 Å². The highest BCUT2D eigenvalue weighted by Crippen LogP contribution is 2.25. The molecule has 16 heavy (non-hydrogen) atoms. The highest BCUT2D eigenvalue weighted by atomic mass is 16.6. The second-order valence-electron chi connectivity index (χ2n) is 3.06. The predicted molar refractivity (Wildman–Crippen MR) is 58.6 cm³/mol. The van der Waals surface area contributed by atoms with Crippen molar-refractivity contribution in [3.63, 3.8) is 0 Å². The molecule has 0 aromatic carbocycles. The van der Waals surface area contributed by atoms with Gasteiger partial charge >= 0.3 is 5.69 Å². The predicted octanol–water partition coefficient (Wildman–Crippen LogP) is 0.614. The number of nitrogens with zero attached hydrogens (tertiary/aromatic N) is 2. The van der Waals surface area contributed by atoms with E-state index in [1.807, 2.05) is 0 Å². The normalized spacial score (nSPS) is 9.38. The van der Waals surface area contributed by atoms with E-state index < -0.39 is 4.92 Å². The Morgan fingerprint density at radius 2 is 2.38 bits per heavy atom. The molecular weight excluding hydrogens is 210 g/mol. The Labute approximate surface area is 92.3 Å². The fourth-order valence-corrected chi connectivity index (χ4v) is 1.18. The Bertz CT molecular complexity index is 474. The molecule has 0 saturated heterocycles. The monoisotopic (exact) mass is 221 g/mol. The van der Waals surface area contributed by atoms with Crippen LogP contribution in [0.4, 0.5) is 11.5 Å². The second-order valence-corrected chi connectivity index (χ2v) is 3.06. The van der Waals surface area contributed by atoms with Crippen LogP contribution >= 0.6 is 0 Å². The van der Waals surface area contributed by atoms with E-state index in [1.54, 1.807) is 6.92 Å². The molecule has 0 radical (unpaired) electrons. The standard InChI is InChI=1S/C10H11N3O3/c1-7-8(4-2-3-5-14)6-12-10(11)9(7)13(15)16/h6,14H,3,5H2,1H3,(H2,11,12). The van der Waals surface area contributed by atoms with Gasteiger partial charge < -0.3 is 10.8 Å². The molecule has 1 heterocycles. The van der Waals surface area contributed by atoms with Crippen molar-refractivity contribution in [2.24, 2.45) is 0 Å². The summed E-state index contributed by atoms with van der Waals surface area (Å²) in [7, 11) is 0. The first-order valence-electron chi connectivity index (χ1n) is 4.57. The number of nitrogen functional groups attached to an aromatic ring is 1. The lowest BCUT2D eigenvalue weighted by atomic mass is 10.1. The summed E-state index contributed by atoms with van der Waals surface area (Å²) in [4.78, 5) is 13.9.